The van der Waals surface area contributed by atoms with Gasteiger partial charge in [0.2, 0.25) is 0 Å². The summed E-state index contributed by atoms with van der Waals surface area (Å²) in [6.07, 6.45) is 5.55. The Labute approximate surface area is 62.8 Å². The maximum atomic E-state index is 12.2. The molecule has 0 fully saturated rings. The van der Waals surface area contributed by atoms with Crippen molar-refractivity contribution in [1.29, 1.82) is 0 Å². The second-order valence-corrected chi connectivity index (χ2v) is 3.13. The molecule has 2 atom stereocenters. The molecule has 0 radical (unpaired) electrons. The Bertz CT molecular complexity index is 239. The lowest BCUT2D eigenvalue weighted by Crippen LogP contribution is -2.22. The van der Waals surface area contributed by atoms with Crippen LogP contribution in [0.3, 0.4) is 0 Å². The summed E-state index contributed by atoms with van der Waals surface area (Å²) in [5, 5.41) is 0. The molecule has 0 aromatic carbocycles. The molecule has 60 valence electrons. The lowest BCUT2D eigenvalue weighted by Gasteiger charge is -2.21. The third kappa shape index (κ3) is 1.01. The molecule has 0 N–H and O–H groups in total. The van der Waals surface area contributed by atoms with Crippen LogP contribution >= 0.6 is 0 Å². The highest BCUT2D eigenvalue weighted by molar-refractivity contribution is 6.67. The maximum absolute atomic E-state index is 12.2. The van der Waals surface area contributed by atoms with Gasteiger partial charge in [-0.25, -0.2) is 0 Å². The number of hydrogen-bond acceptors (Lipinski definition) is 0. The van der Waals surface area contributed by atoms with Gasteiger partial charge in [0.15, 0.2) is 0 Å². The first-order valence-electron chi connectivity index (χ1n) is 3.67. The van der Waals surface area contributed by atoms with E-state index >= 15 is 0 Å². The zero-order chi connectivity index (χ0) is 8.06. The molecular weight excluding hydrogens is 152 g/mol. The van der Waals surface area contributed by atoms with Crippen molar-refractivity contribution in [2.24, 2.45) is 11.8 Å². The number of halogens is 3. The van der Waals surface area contributed by atoms with Crippen molar-refractivity contribution in [1.82, 2.24) is 0 Å². The Kier molecular flexibility index (Phi) is 1.23. The summed E-state index contributed by atoms with van der Waals surface area (Å²) >= 11 is 0. The van der Waals surface area contributed by atoms with E-state index < -0.39 is 6.98 Å². The highest BCUT2D eigenvalue weighted by Gasteiger charge is 2.38. The van der Waals surface area contributed by atoms with Crippen LogP contribution in [-0.2, 0) is 0 Å². The zero-order valence-electron chi connectivity index (χ0n) is 5.81. The first-order valence-corrected chi connectivity index (χ1v) is 3.67. The quantitative estimate of drug-likeness (QED) is 0.407. The van der Waals surface area contributed by atoms with Gasteiger partial charge in [0, 0.05) is 0 Å². The molecule has 2 aliphatic carbocycles. The van der Waals surface area contributed by atoms with Gasteiger partial charge in [0.25, 0.3) is 0 Å². The summed E-state index contributed by atoms with van der Waals surface area (Å²) in [4.78, 5) is 0. The number of hydrogen-bond donors (Lipinski definition) is 0. The highest BCUT2D eigenvalue weighted by Crippen LogP contribution is 2.43. The van der Waals surface area contributed by atoms with Gasteiger partial charge in [0.1, 0.15) is 0 Å². The van der Waals surface area contributed by atoms with Gasteiger partial charge in [-0.1, -0.05) is 12.2 Å². The molecule has 2 unspecified atom stereocenters. The first-order chi connectivity index (χ1) is 5.07. The van der Waals surface area contributed by atoms with Gasteiger partial charge in [0.05, 0.1) is 0 Å². The Morgan fingerprint density at radius 1 is 1.27 bits per heavy atom. The van der Waals surface area contributed by atoms with Crippen LogP contribution in [0, 0.1) is 11.8 Å². The molecule has 0 heterocycles. The Morgan fingerprint density at radius 2 is 2.00 bits per heavy atom. The molecule has 4 heteroatoms. The van der Waals surface area contributed by atoms with E-state index in [0.717, 1.165) is 0 Å². The second kappa shape index (κ2) is 1.93. The Hall–Kier alpha value is -0.665. The van der Waals surface area contributed by atoms with E-state index in [0.29, 0.717) is 6.42 Å². The van der Waals surface area contributed by atoms with Crippen LogP contribution in [-0.4, -0.2) is 6.98 Å². The molecule has 0 aromatic heterocycles. The average molecular weight is 159 g/mol. The maximum Gasteiger partial charge on any atom is 0.505 e. The monoisotopic (exact) mass is 159 g/mol. The molecule has 0 aromatic rings. The molecular formula is C7H7BF3-. The van der Waals surface area contributed by atoms with E-state index in [9.17, 15) is 12.9 Å². The van der Waals surface area contributed by atoms with Gasteiger partial charge in [-0.2, -0.15) is 0 Å². The third-order valence-corrected chi connectivity index (χ3v) is 2.33. The van der Waals surface area contributed by atoms with Gasteiger partial charge < -0.3 is 12.9 Å². The fourth-order valence-corrected chi connectivity index (χ4v) is 1.82. The van der Waals surface area contributed by atoms with Crippen LogP contribution in [0.5, 0.6) is 0 Å². The molecule has 0 amide bonds. The zero-order valence-corrected chi connectivity index (χ0v) is 5.81. The van der Waals surface area contributed by atoms with Crippen LogP contribution in [0.1, 0.15) is 6.42 Å². The summed E-state index contributed by atoms with van der Waals surface area (Å²) in [6.45, 7) is -4.72. The van der Waals surface area contributed by atoms with Crippen LogP contribution in [0.2, 0.25) is 0 Å². The Balaban J connectivity index is 2.26. The van der Waals surface area contributed by atoms with Gasteiger partial charge >= 0.3 is 6.98 Å². The minimum Gasteiger partial charge on any atom is -0.445 e. The standard InChI is InChI=1S/C7H7BF3/c9-8(10,11)7-4-5-1-2-6(7)3-5/h1-2,4-6H,3H2/q-1. The predicted molar refractivity (Wildman–Crippen MR) is 37.9 cm³/mol. The van der Waals surface area contributed by atoms with Crippen molar-refractivity contribution in [2.75, 3.05) is 0 Å². The van der Waals surface area contributed by atoms with Crippen LogP contribution in [0.4, 0.5) is 12.9 Å². The van der Waals surface area contributed by atoms with Crippen LogP contribution in [0.25, 0.3) is 0 Å². The molecule has 0 nitrogen and oxygen atoms in total. The smallest absolute Gasteiger partial charge is 0.445 e. The summed E-state index contributed by atoms with van der Waals surface area (Å²) in [6, 6.07) is 0. The number of fused-ring (bicyclic) bond motifs is 2. The molecule has 2 bridgehead atoms. The molecule has 0 saturated heterocycles. The SMILES string of the molecule is F[B-](F)(F)C1=CC2C=CC1C2. The fraction of sp³-hybridized carbons (Fsp3) is 0.429. The molecule has 11 heavy (non-hydrogen) atoms. The van der Waals surface area contributed by atoms with Crippen molar-refractivity contribution in [3.63, 3.8) is 0 Å². The van der Waals surface area contributed by atoms with Crippen molar-refractivity contribution in [3.05, 3.63) is 23.7 Å². The van der Waals surface area contributed by atoms with E-state index in [4.69, 9.17) is 0 Å². The summed E-state index contributed by atoms with van der Waals surface area (Å²) in [7, 11) is 0. The van der Waals surface area contributed by atoms with Crippen LogP contribution in [0.15, 0.2) is 23.7 Å². The van der Waals surface area contributed by atoms with Crippen LogP contribution < -0.4 is 0 Å². The second-order valence-electron chi connectivity index (χ2n) is 3.13. The number of allylic oxidation sites excluding steroid dienone is 4. The minimum atomic E-state index is -4.72. The summed E-state index contributed by atoms with van der Waals surface area (Å²) in [5.74, 6) is -0.251. The molecule has 0 spiro atoms. The fourth-order valence-electron chi connectivity index (χ4n) is 1.82. The van der Waals surface area contributed by atoms with Crippen molar-refractivity contribution >= 4 is 6.98 Å². The molecule has 2 aliphatic rings. The minimum absolute atomic E-state index is 0.0681. The third-order valence-electron chi connectivity index (χ3n) is 2.33. The van der Waals surface area contributed by atoms with Gasteiger partial charge in [-0.3, -0.25) is 0 Å². The van der Waals surface area contributed by atoms with E-state index in [1.54, 1.807) is 6.08 Å². The summed E-state index contributed by atoms with van der Waals surface area (Å²) in [5.41, 5.74) is -0.280. The average Bonchev–Trinajstić information content (AvgIpc) is 2.42. The lowest BCUT2D eigenvalue weighted by molar-refractivity contribution is 0.480. The largest absolute Gasteiger partial charge is 0.505 e. The van der Waals surface area contributed by atoms with E-state index in [-0.39, 0.29) is 17.3 Å². The molecule has 0 saturated carbocycles. The van der Waals surface area contributed by atoms with E-state index in [1.165, 1.54) is 6.08 Å². The predicted octanol–water partition coefficient (Wildman–Crippen LogP) is 2.51. The van der Waals surface area contributed by atoms with E-state index in [1.807, 2.05) is 6.08 Å². The summed E-state index contributed by atoms with van der Waals surface area (Å²) < 4.78 is 36.5. The first kappa shape index (κ1) is 7.01. The normalized spacial score (nSPS) is 34.6. The van der Waals surface area contributed by atoms with Crippen molar-refractivity contribution < 1.29 is 12.9 Å². The lowest BCUT2D eigenvalue weighted by atomic mass is 9.73. The molecule has 2 rings (SSSR count). The topological polar surface area (TPSA) is 0 Å². The number of rotatable bonds is 1. The van der Waals surface area contributed by atoms with Crippen molar-refractivity contribution in [2.45, 2.75) is 6.42 Å². The van der Waals surface area contributed by atoms with E-state index in [2.05, 4.69) is 0 Å². The Morgan fingerprint density at radius 3 is 2.27 bits per heavy atom. The molecule has 0 aliphatic heterocycles. The van der Waals surface area contributed by atoms with Gasteiger partial charge in [-0.15, -0.1) is 11.5 Å². The van der Waals surface area contributed by atoms with Gasteiger partial charge in [-0.05, 0) is 18.3 Å². The van der Waals surface area contributed by atoms with Crippen molar-refractivity contribution in [3.8, 4) is 0 Å². The highest BCUT2D eigenvalue weighted by atomic mass is 19.4.